The van der Waals surface area contributed by atoms with Crippen LogP contribution in [0.4, 0.5) is 5.13 Å². The van der Waals surface area contributed by atoms with Crippen LogP contribution in [0.15, 0.2) is 18.2 Å². The Morgan fingerprint density at radius 3 is 3.04 bits per heavy atom. The highest BCUT2D eigenvalue weighted by molar-refractivity contribution is 7.22. The lowest BCUT2D eigenvalue weighted by atomic mass is 10.1. The van der Waals surface area contributed by atoms with Crippen molar-refractivity contribution < 1.29 is 9.90 Å². The van der Waals surface area contributed by atoms with Crippen molar-refractivity contribution in [3.63, 3.8) is 0 Å². The van der Waals surface area contributed by atoms with Crippen LogP contribution in [0.5, 0.6) is 0 Å². The van der Waals surface area contributed by atoms with Crippen LogP contribution in [0.25, 0.3) is 10.2 Å². The van der Waals surface area contributed by atoms with Crippen molar-refractivity contribution in [1.82, 2.24) is 9.88 Å². The third-order valence-corrected chi connectivity index (χ3v) is 5.30. The van der Waals surface area contributed by atoms with Crippen molar-refractivity contribution in [3.05, 3.63) is 23.8 Å². The second-order valence-corrected chi connectivity index (χ2v) is 7.52. The zero-order valence-corrected chi connectivity index (χ0v) is 14.4. The van der Waals surface area contributed by atoms with Crippen LogP contribution in [-0.2, 0) is 4.79 Å². The summed E-state index contributed by atoms with van der Waals surface area (Å²) >= 11 is 1.50. The van der Waals surface area contributed by atoms with E-state index in [4.69, 9.17) is 0 Å². The number of nitrogens with zero attached hydrogens (tertiary/aromatic N) is 2. The largest absolute Gasteiger partial charge is 0.393 e. The molecular formula is C17H23N3O2S. The maximum Gasteiger partial charge on any atom is 0.240 e. The van der Waals surface area contributed by atoms with E-state index in [0.29, 0.717) is 17.6 Å². The molecule has 0 aliphatic heterocycles. The number of aliphatic hydroxyl groups is 1. The molecular weight excluding hydrogens is 310 g/mol. The van der Waals surface area contributed by atoms with E-state index in [0.717, 1.165) is 36.0 Å². The van der Waals surface area contributed by atoms with Crippen LogP contribution in [0.2, 0.25) is 0 Å². The van der Waals surface area contributed by atoms with E-state index in [-0.39, 0.29) is 12.0 Å². The first kappa shape index (κ1) is 16.4. The van der Waals surface area contributed by atoms with Gasteiger partial charge in [0, 0.05) is 6.54 Å². The first-order valence-corrected chi connectivity index (χ1v) is 8.86. The van der Waals surface area contributed by atoms with Crippen LogP contribution >= 0.6 is 11.3 Å². The number of rotatable bonds is 5. The number of fused-ring (bicyclic) bond motifs is 1. The fourth-order valence-corrected chi connectivity index (χ4v) is 4.16. The third-order valence-electron chi connectivity index (χ3n) is 4.37. The minimum Gasteiger partial charge on any atom is -0.393 e. The summed E-state index contributed by atoms with van der Waals surface area (Å²) < 4.78 is 1.09. The second-order valence-electron chi connectivity index (χ2n) is 6.49. The van der Waals surface area contributed by atoms with Crippen molar-refractivity contribution in [2.75, 3.05) is 25.5 Å². The zero-order valence-electron chi connectivity index (χ0n) is 13.6. The van der Waals surface area contributed by atoms with Gasteiger partial charge in [0.05, 0.1) is 22.9 Å². The average Bonchev–Trinajstić information content (AvgIpc) is 3.04. The average molecular weight is 333 g/mol. The highest BCUT2D eigenvalue weighted by atomic mass is 32.1. The van der Waals surface area contributed by atoms with Crippen molar-refractivity contribution in [1.29, 1.82) is 0 Å². The van der Waals surface area contributed by atoms with E-state index in [1.807, 2.05) is 31.0 Å². The molecule has 2 atom stereocenters. The van der Waals surface area contributed by atoms with Crippen LogP contribution in [-0.4, -0.2) is 47.1 Å². The lowest BCUT2D eigenvalue weighted by Crippen LogP contribution is -2.35. The Morgan fingerprint density at radius 2 is 2.30 bits per heavy atom. The lowest BCUT2D eigenvalue weighted by molar-refractivity contribution is -0.117. The number of aryl methyl sites for hydroxylation is 1. The molecule has 0 radical (unpaired) electrons. The summed E-state index contributed by atoms with van der Waals surface area (Å²) in [7, 11) is 1.92. The molecule has 23 heavy (non-hydrogen) atoms. The van der Waals surface area contributed by atoms with Gasteiger partial charge < -0.3 is 10.4 Å². The zero-order chi connectivity index (χ0) is 16.4. The van der Waals surface area contributed by atoms with Gasteiger partial charge in [0.25, 0.3) is 0 Å². The summed E-state index contributed by atoms with van der Waals surface area (Å²) in [5.41, 5.74) is 2.10. The molecule has 124 valence electrons. The molecule has 0 bridgehead atoms. The summed E-state index contributed by atoms with van der Waals surface area (Å²) in [4.78, 5) is 18.6. The van der Waals surface area contributed by atoms with Crippen molar-refractivity contribution in [2.45, 2.75) is 32.3 Å². The number of hydrogen-bond donors (Lipinski definition) is 2. The van der Waals surface area contributed by atoms with Crippen molar-refractivity contribution in [2.24, 2.45) is 5.92 Å². The summed E-state index contributed by atoms with van der Waals surface area (Å²) in [6.07, 6.45) is 2.80. The summed E-state index contributed by atoms with van der Waals surface area (Å²) in [6, 6.07) is 6.08. The Bertz CT molecular complexity index is 700. The van der Waals surface area contributed by atoms with Gasteiger partial charge in [-0.05, 0) is 50.4 Å². The molecule has 1 amide bonds. The SMILES string of the molecule is Cc1ccc2nc(NC(=O)CN(C)CC3CCCC3O)sc2c1. The number of carbonyl (C=O) groups is 1. The van der Waals surface area contributed by atoms with Gasteiger partial charge in [-0.3, -0.25) is 9.69 Å². The van der Waals surface area contributed by atoms with Gasteiger partial charge >= 0.3 is 0 Å². The quantitative estimate of drug-likeness (QED) is 0.883. The van der Waals surface area contributed by atoms with Gasteiger partial charge in [0.2, 0.25) is 5.91 Å². The molecule has 1 aromatic carbocycles. The molecule has 1 saturated carbocycles. The molecule has 1 heterocycles. The van der Waals surface area contributed by atoms with Crippen LogP contribution in [0.1, 0.15) is 24.8 Å². The van der Waals surface area contributed by atoms with Gasteiger partial charge in [-0.15, -0.1) is 0 Å². The van der Waals surface area contributed by atoms with Crippen LogP contribution < -0.4 is 5.32 Å². The Balaban J connectivity index is 1.55. The molecule has 0 saturated heterocycles. The number of aromatic nitrogens is 1. The number of aliphatic hydroxyl groups excluding tert-OH is 1. The summed E-state index contributed by atoms with van der Waals surface area (Å²) in [5.74, 6) is 0.231. The first-order valence-electron chi connectivity index (χ1n) is 8.05. The van der Waals surface area contributed by atoms with Gasteiger partial charge in [0.1, 0.15) is 0 Å². The monoisotopic (exact) mass is 333 g/mol. The first-order chi connectivity index (χ1) is 11.0. The minimum absolute atomic E-state index is 0.0595. The van der Waals surface area contributed by atoms with E-state index in [2.05, 4.69) is 16.4 Å². The minimum atomic E-state index is -0.215. The maximum absolute atomic E-state index is 12.2. The Morgan fingerprint density at radius 1 is 1.48 bits per heavy atom. The van der Waals surface area contributed by atoms with E-state index in [1.54, 1.807) is 0 Å². The number of nitrogens with one attached hydrogen (secondary N) is 1. The summed E-state index contributed by atoms with van der Waals surface area (Å²) in [6.45, 7) is 3.12. The molecule has 5 nitrogen and oxygen atoms in total. The molecule has 0 spiro atoms. The molecule has 6 heteroatoms. The van der Waals surface area contributed by atoms with E-state index >= 15 is 0 Å². The van der Waals surface area contributed by atoms with E-state index < -0.39 is 0 Å². The predicted octanol–water partition coefficient (Wildman–Crippen LogP) is 2.64. The fourth-order valence-electron chi connectivity index (χ4n) is 3.18. The van der Waals surface area contributed by atoms with Gasteiger partial charge in [-0.1, -0.05) is 23.8 Å². The normalized spacial score (nSPS) is 21.2. The molecule has 3 rings (SSSR count). The molecule has 2 N–H and O–H groups in total. The number of thiazole rings is 1. The second kappa shape index (κ2) is 6.95. The van der Waals surface area contributed by atoms with Crippen molar-refractivity contribution in [3.8, 4) is 0 Å². The number of benzene rings is 1. The molecule has 1 aromatic heterocycles. The van der Waals surface area contributed by atoms with Gasteiger partial charge in [0.15, 0.2) is 5.13 Å². The third kappa shape index (κ3) is 4.07. The van der Waals surface area contributed by atoms with E-state index in [9.17, 15) is 9.90 Å². The topological polar surface area (TPSA) is 65.5 Å². The lowest BCUT2D eigenvalue weighted by Gasteiger charge is -2.22. The Hall–Kier alpha value is -1.50. The smallest absolute Gasteiger partial charge is 0.240 e. The number of anilines is 1. The summed E-state index contributed by atoms with van der Waals surface area (Å²) in [5, 5.41) is 13.4. The molecule has 1 aliphatic rings. The number of hydrogen-bond acceptors (Lipinski definition) is 5. The molecule has 1 aliphatic carbocycles. The number of amides is 1. The Labute approximate surface area is 140 Å². The van der Waals surface area contributed by atoms with Crippen LogP contribution in [0.3, 0.4) is 0 Å². The highest BCUT2D eigenvalue weighted by Crippen LogP contribution is 2.27. The highest BCUT2D eigenvalue weighted by Gasteiger charge is 2.26. The molecule has 2 unspecified atom stereocenters. The Kier molecular flexibility index (Phi) is 4.94. The van der Waals surface area contributed by atoms with Gasteiger partial charge in [-0.25, -0.2) is 4.98 Å². The number of carbonyl (C=O) groups excluding carboxylic acids is 1. The number of likely N-dealkylation sites (N-methyl/N-ethyl adjacent to an activating group) is 1. The standard InChI is InChI=1S/C17H23N3O2S/c1-11-6-7-13-15(8-11)23-17(18-13)19-16(22)10-20(2)9-12-4-3-5-14(12)21/h6-8,12,14,21H,3-5,9-10H2,1-2H3,(H,18,19,22). The predicted molar refractivity (Wildman–Crippen MR) is 93.8 cm³/mol. The molecule has 1 fully saturated rings. The fraction of sp³-hybridized carbons (Fsp3) is 0.529. The molecule has 2 aromatic rings. The van der Waals surface area contributed by atoms with Gasteiger partial charge in [-0.2, -0.15) is 0 Å². The van der Waals surface area contributed by atoms with Crippen LogP contribution in [0, 0.1) is 12.8 Å². The maximum atomic E-state index is 12.2. The van der Waals surface area contributed by atoms with E-state index in [1.165, 1.54) is 16.9 Å². The van der Waals surface area contributed by atoms with Crippen molar-refractivity contribution >= 4 is 32.6 Å².